The van der Waals surface area contributed by atoms with Crippen molar-refractivity contribution in [1.82, 2.24) is 4.98 Å². The molecular formula is C19H17FN2O3S. The fraction of sp³-hybridized carbons (Fsp3) is 0.211. The summed E-state index contributed by atoms with van der Waals surface area (Å²) in [7, 11) is -3.03. The average Bonchev–Trinajstić information content (AvgIpc) is 3.17. The van der Waals surface area contributed by atoms with Gasteiger partial charge in [0.15, 0.2) is 9.84 Å². The third kappa shape index (κ3) is 2.88. The van der Waals surface area contributed by atoms with Gasteiger partial charge in [-0.15, -0.1) is 0 Å². The molecule has 1 aliphatic rings. The molecule has 3 N–H and O–H groups in total. The molecule has 0 unspecified atom stereocenters. The lowest BCUT2D eigenvalue weighted by molar-refractivity contribution is 0.100. The molecule has 0 bridgehead atoms. The van der Waals surface area contributed by atoms with E-state index < -0.39 is 15.7 Å². The highest BCUT2D eigenvalue weighted by Crippen LogP contribution is 2.37. The Hall–Kier alpha value is -2.67. The van der Waals surface area contributed by atoms with E-state index in [1.54, 1.807) is 24.4 Å². The number of benzene rings is 2. The van der Waals surface area contributed by atoms with Gasteiger partial charge < -0.3 is 10.7 Å². The van der Waals surface area contributed by atoms with Crippen LogP contribution in [0, 0.1) is 5.82 Å². The topological polar surface area (TPSA) is 93.0 Å². The molecule has 5 nitrogen and oxygen atoms in total. The zero-order chi connectivity index (χ0) is 18.5. The number of carbonyl (C=O) groups excluding carboxylic acids is 1. The van der Waals surface area contributed by atoms with Crippen LogP contribution in [-0.4, -0.2) is 30.8 Å². The zero-order valence-corrected chi connectivity index (χ0v) is 14.6. The zero-order valence-electron chi connectivity index (χ0n) is 13.8. The summed E-state index contributed by atoms with van der Waals surface area (Å²) >= 11 is 0. The lowest BCUT2D eigenvalue weighted by Gasteiger charge is -2.10. The molecule has 3 aromatic rings. The first-order chi connectivity index (χ1) is 12.3. The summed E-state index contributed by atoms with van der Waals surface area (Å²) in [6.45, 7) is 0. The van der Waals surface area contributed by atoms with Crippen molar-refractivity contribution in [2.75, 3.05) is 11.5 Å². The van der Waals surface area contributed by atoms with Crippen LogP contribution in [0.4, 0.5) is 4.39 Å². The van der Waals surface area contributed by atoms with Crippen molar-refractivity contribution in [3.63, 3.8) is 0 Å². The summed E-state index contributed by atoms with van der Waals surface area (Å²) in [6.07, 6.45) is 2.32. The van der Waals surface area contributed by atoms with Crippen LogP contribution < -0.4 is 5.73 Å². The smallest absolute Gasteiger partial charge is 0.250 e. The summed E-state index contributed by atoms with van der Waals surface area (Å²) in [5.74, 6) is -0.759. The number of halogens is 1. The van der Waals surface area contributed by atoms with Gasteiger partial charge in [-0.3, -0.25) is 4.79 Å². The molecule has 2 heterocycles. The van der Waals surface area contributed by atoms with Crippen LogP contribution in [0.2, 0.25) is 0 Å². The van der Waals surface area contributed by atoms with E-state index in [9.17, 15) is 17.6 Å². The Balaban J connectivity index is 1.91. The molecule has 0 radical (unpaired) electrons. The van der Waals surface area contributed by atoms with Gasteiger partial charge in [-0.25, -0.2) is 12.8 Å². The largest absolute Gasteiger partial charge is 0.366 e. The fourth-order valence-electron chi connectivity index (χ4n) is 3.63. The molecule has 7 heteroatoms. The van der Waals surface area contributed by atoms with Crippen LogP contribution in [0.1, 0.15) is 28.3 Å². The SMILES string of the molecule is NC(=O)c1cc(-c2ccc(F)cc2)cc2c([C@H]3CCS(=O)(=O)C3)c[nH]c12. The normalized spacial score (nSPS) is 19.0. The molecule has 26 heavy (non-hydrogen) atoms. The second-order valence-electron chi connectivity index (χ2n) is 6.66. The minimum Gasteiger partial charge on any atom is -0.366 e. The molecule has 0 spiro atoms. The molecule has 1 fully saturated rings. The Morgan fingerprint density at radius 2 is 1.88 bits per heavy atom. The number of nitrogens with one attached hydrogen (secondary N) is 1. The molecule has 0 aliphatic carbocycles. The third-order valence-electron chi connectivity index (χ3n) is 4.94. The van der Waals surface area contributed by atoms with E-state index in [-0.39, 0.29) is 23.2 Å². The Morgan fingerprint density at radius 3 is 2.50 bits per heavy atom. The second kappa shape index (κ2) is 5.95. The van der Waals surface area contributed by atoms with Crippen molar-refractivity contribution in [2.24, 2.45) is 5.73 Å². The van der Waals surface area contributed by atoms with Crippen LogP contribution >= 0.6 is 0 Å². The van der Waals surface area contributed by atoms with Gasteiger partial charge in [0.25, 0.3) is 5.91 Å². The van der Waals surface area contributed by atoms with Crippen molar-refractivity contribution < 1.29 is 17.6 Å². The fourth-order valence-corrected chi connectivity index (χ4v) is 5.40. The van der Waals surface area contributed by atoms with Gasteiger partial charge in [0.2, 0.25) is 0 Å². The first-order valence-electron chi connectivity index (χ1n) is 8.25. The number of nitrogens with two attached hydrogens (primary N) is 1. The number of sulfone groups is 1. The molecule has 1 aliphatic heterocycles. The number of rotatable bonds is 3. The first kappa shape index (κ1) is 16.8. The Morgan fingerprint density at radius 1 is 1.15 bits per heavy atom. The van der Waals surface area contributed by atoms with Crippen molar-refractivity contribution in [3.8, 4) is 11.1 Å². The molecular weight excluding hydrogens is 355 g/mol. The van der Waals surface area contributed by atoms with E-state index >= 15 is 0 Å². The number of carbonyl (C=O) groups is 1. The predicted molar refractivity (Wildman–Crippen MR) is 98.2 cm³/mol. The summed E-state index contributed by atoms with van der Waals surface area (Å²) in [5, 5.41) is 0.780. The lowest BCUT2D eigenvalue weighted by Crippen LogP contribution is -2.11. The van der Waals surface area contributed by atoms with E-state index in [4.69, 9.17) is 5.73 Å². The molecule has 2 aromatic carbocycles. The number of primary amides is 1. The Bertz CT molecular complexity index is 1120. The maximum Gasteiger partial charge on any atom is 0.250 e. The molecule has 1 aromatic heterocycles. The minimum atomic E-state index is -3.03. The van der Waals surface area contributed by atoms with E-state index in [1.807, 2.05) is 6.07 Å². The van der Waals surface area contributed by atoms with Crippen molar-refractivity contribution in [2.45, 2.75) is 12.3 Å². The van der Waals surface area contributed by atoms with Crippen LogP contribution in [0.15, 0.2) is 42.6 Å². The number of fused-ring (bicyclic) bond motifs is 1. The highest BCUT2D eigenvalue weighted by molar-refractivity contribution is 7.91. The standard InChI is InChI=1S/C19H17FN2O3S/c20-14-3-1-11(2-4-14)13-7-15-17(12-5-6-26(24,25)10-12)9-22-18(15)16(8-13)19(21)23/h1-4,7-9,12,22H,5-6,10H2,(H2,21,23)/t12-/m0/s1. The molecule has 0 saturated carbocycles. The predicted octanol–water partition coefficient (Wildman–Crippen LogP) is 2.98. The van der Waals surface area contributed by atoms with Gasteiger partial charge >= 0.3 is 0 Å². The highest BCUT2D eigenvalue weighted by atomic mass is 32.2. The molecule has 4 rings (SSSR count). The van der Waals surface area contributed by atoms with Crippen molar-refractivity contribution >= 4 is 26.6 Å². The summed E-state index contributed by atoms with van der Waals surface area (Å²) in [5.41, 5.74) is 8.82. The number of aromatic nitrogens is 1. The lowest BCUT2D eigenvalue weighted by atomic mass is 9.94. The number of hydrogen-bond acceptors (Lipinski definition) is 3. The van der Waals surface area contributed by atoms with Gasteiger partial charge in [-0.2, -0.15) is 0 Å². The minimum absolute atomic E-state index is 0.104. The van der Waals surface area contributed by atoms with Gasteiger partial charge in [0, 0.05) is 17.5 Å². The summed E-state index contributed by atoms with van der Waals surface area (Å²) in [4.78, 5) is 15.0. The number of aromatic amines is 1. The molecule has 1 atom stereocenters. The maximum atomic E-state index is 13.2. The first-order valence-corrected chi connectivity index (χ1v) is 10.1. The van der Waals surface area contributed by atoms with Crippen LogP contribution in [0.25, 0.3) is 22.0 Å². The van der Waals surface area contributed by atoms with Crippen LogP contribution in [0.5, 0.6) is 0 Å². The van der Waals surface area contributed by atoms with Gasteiger partial charge in [0.1, 0.15) is 5.82 Å². The van der Waals surface area contributed by atoms with Gasteiger partial charge in [-0.05, 0) is 47.4 Å². The number of amides is 1. The van der Waals surface area contributed by atoms with E-state index in [0.717, 1.165) is 22.1 Å². The average molecular weight is 372 g/mol. The number of hydrogen-bond donors (Lipinski definition) is 2. The molecule has 1 amide bonds. The summed E-state index contributed by atoms with van der Waals surface area (Å²) in [6, 6.07) is 9.53. The van der Waals surface area contributed by atoms with Crippen molar-refractivity contribution in [3.05, 3.63) is 59.5 Å². The Kier molecular flexibility index (Phi) is 3.84. The monoisotopic (exact) mass is 372 g/mol. The summed E-state index contributed by atoms with van der Waals surface area (Å²) < 4.78 is 36.9. The van der Waals surface area contributed by atoms with E-state index in [0.29, 0.717) is 17.5 Å². The van der Waals surface area contributed by atoms with Crippen LogP contribution in [0.3, 0.4) is 0 Å². The Labute approximate surface area is 149 Å². The van der Waals surface area contributed by atoms with Gasteiger partial charge in [-0.1, -0.05) is 12.1 Å². The maximum absolute atomic E-state index is 13.2. The molecule has 134 valence electrons. The van der Waals surface area contributed by atoms with Crippen molar-refractivity contribution in [1.29, 1.82) is 0 Å². The van der Waals surface area contributed by atoms with Gasteiger partial charge in [0.05, 0.1) is 22.6 Å². The highest BCUT2D eigenvalue weighted by Gasteiger charge is 2.31. The van der Waals surface area contributed by atoms with E-state index in [1.165, 1.54) is 12.1 Å². The third-order valence-corrected chi connectivity index (χ3v) is 6.70. The van der Waals surface area contributed by atoms with E-state index in [2.05, 4.69) is 4.98 Å². The quantitative estimate of drug-likeness (QED) is 0.740. The second-order valence-corrected chi connectivity index (χ2v) is 8.89. The molecule has 1 saturated heterocycles. The number of H-pyrrole nitrogens is 1. The van der Waals surface area contributed by atoms with Crippen LogP contribution in [-0.2, 0) is 9.84 Å².